The van der Waals surface area contributed by atoms with Crippen LogP contribution in [-0.2, 0) is 16.1 Å². The van der Waals surface area contributed by atoms with Crippen LogP contribution in [0.5, 0.6) is 0 Å². The highest BCUT2D eigenvalue weighted by atomic mass is 79.9. The Morgan fingerprint density at radius 3 is 3.11 bits per heavy atom. The van der Waals surface area contributed by atoms with E-state index in [2.05, 4.69) is 15.9 Å². The van der Waals surface area contributed by atoms with Gasteiger partial charge in [-0.1, -0.05) is 15.9 Å². The van der Waals surface area contributed by atoms with Crippen molar-refractivity contribution in [3.8, 4) is 0 Å². The van der Waals surface area contributed by atoms with Crippen molar-refractivity contribution in [2.75, 3.05) is 19.8 Å². The molecule has 1 aliphatic heterocycles. The zero-order valence-electron chi connectivity index (χ0n) is 10.3. The van der Waals surface area contributed by atoms with Crippen LogP contribution in [0.3, 0.4) is 0 Å². The van der Waals surface area contributed by atoms with Crippen LogP contribution in [0.4, 0.5) is 4.39 Å². The van der Waals surface area contributed by atoms with Gasteiger partial charge in [0.2, 0.25) is 0 Å². The highest BCUT2D eigenvalue weighted by Gasteiger charge is 2.25. The van der Waals surface area contributed by atoms with Crippen molar-refractivity contribution >= 4 is 21.9 Å². The molecule has 0 aliphatic carbocycles. The fraction of sp³-hybridized carbons (Fsp3) is 0.462. The predicted molar refractivity (Wildman–Crippen MR) is 71.4 cm³/mol. The van der Waals surface area contributed by atoms with E-state index in [9.17, 15) is 9.18 Å². The molecule has 1 heterocycles. The van der Waals surface area contributed by atoms with Gasteiger partial charge < -0.3 is 9.84 Å². The number of hydrogen-bond acceptors (Lipinski definition) is 3. The summed E-state index contributed by atoms with van der Waals surface area (Å²) in [4.78, 5) is 12.8. The molecule has 2 rings (SSSR count). The van der Waals surface area contributed by atoms with Crippen molar-refractivity contribution in [2.24, 2.45) is 0 Å². The van der Waals surface area contributed by atoms with Crippen LogP contribution in [0.25, 0.3) is 0 Å². The molecule has 0 bridgehead atoms. The molecule has 1 aliphatic rings. The number of benzene rings is 1. The number of carboxylic acids is 1. The first kappa shape index (κ1) is 14.4. The van der Waals surface area contributed by atoms with E-state index in [4.69, 9.17) is 9.84 Å². The maximum atomic E-state index is 13.7. The molecule has 1 N–H and O–H groups in total. The lowest BCUT2D eigenvalue weighted by Gasteiger charge is -2.34. The molecule has 0 saturated carbocycles. The summed E-state index contributed by atoms with van der Waals surface area (Å²) in [5, 5.41) is 8.88. The smallest absolute Gasteiger partial charge is 0.305 e. The van der Waals surface area contributed by atoms with E-state index in [-0.39, 0.29) is 18.3 Å². The number of morpholine rings is 1. The van der Waals surface area contributed by atoms with Crippen LogP contribution < -0.4 is 0 Å². The first-order valence-corrected chi connectivity index (χ1v) is 6.83. The normalized spacial score (nSPS) is 20.4. The van der Waals surface area contributed by atoms with Crippen molar-refractivity contribution in [3.63, 3.8) is 0 Å². The fourth-order valence-corrected chi connectivity index (χ4v) is 2.58. The Kier molecular flexibility index (Phi) is 4.90. The van der Waals surface area contributed by atoms with Crippen LogP contribution in [-0.4, -0.2) is 41.8 Å². The number of hydrogen-bond donors (Lipinski definition) is 1. The van der Waals surface area contributed by atoms with E-state index in [0.29, 0.717) is 31.9 Å². The average molecular weight is 332 g/mol. The largest absolute Gasteiger partial charge is 0.481 e. The Balaban J connectivity index is 2.10. The number of carboxylic acid groups (broad SMARTS) is 1. The van der Waals surface area contributed by atoms with E-state index in [1.165, 1.54) is 6.07 Å². The molecule has 1 unspecified atom stereocenters. The van der Waals surface area contributed by atoms with Gasteiger partial charge in [0.25, 0.3) is 0 Å². The summed E-state index contributed by atoms with van der Waals surface area (Å²) in [6.45, 7) is 1.93. The van der Waals surface area contributed by atoms with Gasteiger partial charge in [-0.05, 0) is 18.2 Å². The summed E-state index contributed by atoms with van der Waals surface area (Å²) in [5.74, 6) is -1.14. The van der Waals surface area contributed by atoms with Gasteiger partial charge in [-0.3, -0.25) is 9.69 Å². The van der Waals surface area contributed by atoms with Gasteiger partial charge in [0.15, 0.2) is 0 Å². The Morgan fingerprint density at radius 1 is 1.58 bits per heavy atom. The second-order valence-corrected chi connectivity index (χ2v) is 5.45. The topological polar surface area (TPSA) is 49.8 Å². The van der Waals surface area contributed by atoms with E-state index in [0.717, 1.165) is 4.47 Å². The van der Waals surface area contributed by atoms with Gasteiger partial charge in [0, 0.05) is 29.2 Å². The summed E-state index contributed by atoms with van der Waals surface area (Å²) in [6.07, 6.45) is 0.00955. The Labute approximate surface area is 119 Å². The molecule has 4 nitrogen and oxygen atoms in total. The number of halogens is 2. The molecule has 0 aromatic heterocycles. The third-order valence-corrected chi connectivity index (χ3v) is 3.63. The quantitative estimate of drug-likeness (QED) is 0.919. The van der Waals surface area contributed by atoms with Gasteiger partial charge >= 0.3 is 5.97 Å². The minimum Gasteiger partial charge on any atom is -0.481 e. The highest BCUT2D eigenvalue weighted by Crippen LogP contribution is 2.20. The number of carbonyl (C=O) groups is 1. The molecule has 104 valence electrons. The maximum absolute atomic E-state index is 13.7. The van der Waals surface area contributed by atoms with Gasteiger partial charge in [0.05, 0.1) is 19.6 Å². The standard InChI is InChI=1S/C13H15BrFNO3/c14-10-1-2-12(15)9(5-10)7-16-3-4-19-8-11(16)6-13(17)18/h1-2,5,11H,3-4,6-8H2,(H,17,18). The Morgan fingerprint density at radius 2 is 2.37 bits per heavy atom. The molecular weight excluding hydrogens is 317 g/mol. The molecule has 1 fully saturated rings. The molecule has 0 radical (unpaired) electrons. The minimum atomic E-state index is -0.866. The van der Waals surface area contributed by atoms with Crippen LogP contribution >= 0.6 is 15.9 Å². The molecule has 1 saturated heterocycles. The second-order valence-electron chi connectivity index (χ2n) is 4.53. The lowest BCUT2D eigenvalue weighted by molar-refractivity contribution is -0.140. The minimum absolute atomic E-state index is 0.00955. The van der Waals surface area contributed by atoms with Crippen molar-refractivity contribution in [3.05, 3.63) is 34.1 Å². The summed E-state index contributed by atoms with van der Waals surface area (Å²) in [7, 11) is 0. The molecule has 0 amide bonds. The Hall–Kier alpha value is -0.980. The van der Waals surface area contributed by atoms with Crippen molar-refractivity contribution in [2.45, 2.75) is 19.0 Å². The van der Waals surface area contributed by atoms with Crippen LogP contribution in [0.2, 0.25) is 0 Å². The first-order valence-electron chi connectivity index (χ1n) is 6.04. The van der Waals surface area contributed by atoms with Crippen molar-refractivity contribution < 1.29 is 19.0 Å². The van der Waals surface area contributed by atoms with Gasteiger partial charge in [-0.2, -0.15) is 0 Å². The van der Waals surface area contributed by atoms with Gasteiger partial charge in [-0.15, -0.1) is 0 Å². The van der Waals surface area contributed by atoms with Gasteiger partial charge in [-0.25, -0.2) is 4.39 Å². The van der Waals surface area contributed by atoms with Crippen molar-refractivity contribution in [1.82, 2.24) is 4.90 Å². The lowest BCUT2D eigenvalue weighted by atomic mass is 10.1. The average Bonchev–Trinajstić information content (AvgIpc) is 2.35. The molecule has 1 aromatic rings. The summed E-state index contributed by atoms with van der Waals surface area (Å²) in [6, 6.07) is 4.58. The third-order valence-electron chi connectivity index (χ3n) is 3.14. The molecular formula is C13H15BrFNO3. The van der Waals surface area contributed by atoms with Crippen LogP contribution in [0, 0.1) is 5.82 Å². The summed E-state index contributed by atoms with van der Waals surface area (Å²) >= 11 is 3.31. The fourth-order valence-electron chi connectivity index (χ4n) is 2.17. The van der Waals surface area contributed by atoms with Crippen molar-refractivity contribution in [1.29, 1.82) is 0 Å². The summed E-state index contributed by atoms with van der Waals surface area (Å²) in [5.41, 5.74) is 0.562. The first-order chi connectivity index (χ1) is 9.06. The SMILES string of the molecule is O=C(O)CC1COCCN1Cc1cc(Br)ccc1F. The zero-order valence-corrected chi connectivity index (χ0v) is 11.9. The van der Waals surface area contributed by atoms with Crippen LogP contribution in [0.1, 0.15) is 12.0 Å². The third kappa shape index (κ3) is 3.99. The second kappa shape index (κ2) is 6.45. The number of nitrogens with zero attached hydrogens (tertiary/aromatic N) is 1. The van der Waals surface area contributed by atoms with E-state index in [1.54, 1.807) is 12.1 Å². The molecule has 1 aromatic carbocycles. The monoisotopic (exact) mass is 331 g/mol. The number of ether oxygens (including phenoxy) is 1. The molecule has 19 heavy (non-hydrogen) atoms. The summed E-state index contributed by atoms with van der Waals surface area (Å²) < 4.78 is 19.8. The Bertz CT molecular complexity index is 469. The van der Waals surface area contributed by atoms with E-state index in [1.807, 2.05) is 4.90 Å². The van der Waals surface area contributed by atoms with E-state index < -0.39 is 5.97 Å². The molecule has 1 atom stereocenters. The van der Waals surface area contributed by atoms with Gasteiger partial charge in [0.1, 0.15) is 5.82 Å². The number of rotatable bonds is 4. The van der Waals surface area contributed by atoms with E-state index >= 15 is 0 Å². The molecule has 6 heteroatoms. The maximum Gasteiger partial charge on any atom is 0.305 e. The van der Waals surface area contributed by atoms with Crippen LogP contribution in [0.15, 0.2) is 22.7 Å². The zero-order chi connectivity index (χ0) is 13.8. The lowest BCUT2D eigenvalue weighted by Crippen LogP contribution is -2.46. The number of aliphatic carboxylic acids is 1. The highest BCUT2D eigenvalue weighted by molar-refractivity contribution is 9.10. The predicted octanol–water partition coefficient (Wildman–Crippen LogP) is 2.26. The molecule has 0 spiro atoms.